The molecule has 24 heavy (non-hydrogen) atoms. The molecule has 0 aliphatic heterocycles. The summed E-state index contributed by atoms with van der Waals surface area (Å²) in [6.07, 6.45) is 4.76. The highest BCUT2D eigenvalue weighted by atomic mass is 19.3. The zero-order chi connectivity index (χ0) is 16.7. The Morgan fingerprint density at radius 1 is 1.42 bits per heavy atom. The summed E-state index contributed by atoms with van der Waals surface area (Å²) in [7, 11) is 0. The summed E-state index contributed by atoms with van der Waals surface area (Å²) in [5, 5.41) is 4.39. The van der Waals surface area contributed by atoms with E-state index in [-0.39, 0.29) is 29.6 Å². The topological polar surface area (TPSA) is 70.2 Å². The third kappa shape index (κ3) is 2.75. The fourth-order valence-electron chi connectivity index (χ4n) is 2.67. The van der Waals surface area contributed by atoms with E-state index in [0.717, 1.165) is 12.8 Å². The Hall–Kier alpha value is -2.77. The molecule has 0 amide bonds. The van der Waals surface area contributed by atoms with E-state index in [2.05, 4.69) is 14.8 Å². The minimum absolute atomic E-state index is 0.00803. The van der Waals surface area contributed by atoms with Crippen LogP contribution in [0.3, 0.4) is 0 Å². The first kappa shape index (κ1) is 14.8. The minimum Gasteiger partial charge on any atom is -0.457 e. The lowest BCUT2D eigenvalue weighted by molar-refractivity contribution is -0.0494. The lowest BCUT2D eigenvalue weighted by atomic mass is 10.0. The van der Waals surface area contributed by atoms with Crippen molar-refractivity contribution >= 4 is 16.8 Å². The molecule has 0 spiro atoms. The molecule has 0 saturated heterocycles. The van der Waals surface area contributed by atoms with Crippen molar-refractivity contribution in [1.82, 2.24) is 14.8 Å². The molecule has 2 heterocycles. The molecule has 2 aromatic heterocycles. The van der Waals surface area contributed by atoms with Crippen molar-refractivity contribution in [3.63, 3.8) is 0 Å². The van der Waals surface area contributed by atoms with Gasteiger partial charge < -0.3 is 9.15 Å². The number of hydrogen-bond acceptors (Lipinski definition) is 5. The molecule has 6 nitrogen and oxygen atoms in total. The molecule has 1 aromatic carbocycles. The average molecular weight is 333 g/mol. The molecule has 1 aliphatic rings. The van der Waals surface area contributed by atoms with Crippen LogP contribution in [-0.2, 0) is 6.54 Å². The summed E-state index contributed by atoms with van der Waals surface area (Å²) in [6, 6.07) is 4.56. The number of furan rings is 1. The van der Waals surface area contributed by atoms with Crippen molar-refractivity contribution in [2.24, 2.45) is 0 Å². The quantitative estimate of drug-likeness (QED) is 0.647. The van der Waals surface area contributed by atoms with Gasteiger partial charge in [-0.2, -0.15) is 13.9 Å². The fourth-order valence-corrected chi connectivity index (χ4v) is 2.67. The Kier molecular flexibility index (Phi) is 3.51. The lowest BCUT2D eigenvalue weighted by Crippen LogP contribution is -2.11. The normalized spacial score (nSPS) is 14.5. The van der Waals surface area contributed by atoms with E-state index in [0.29, 0.717) is 16.7 Å². The number of nitrogens with zero attached hydrogens (tertiary/aromatic N) is 3. The number of aromatic nitrogens is 3. The van der Waals surface area contributed by atoms with Crippen molar-refractivity contribution in [3.8, 4) is 5.75 Å². The van der Waals surface area contributed by atoms with Gasteiger partial charge in [0, 0.05) is 16.9 Å². The number of ether oxygens (including phenoxy) is 1. The minimum atomic E-state index is -2.96. The van der Waals surface area contributed by atoms with Gasteiger partial charge in [-0.3, -0.25) is 4.79 Å². The summed E-state index contributed by atoms with van der Waals surface area (Å²) in [6.45, 7) is -2.95. The molecule has 3 aromatic rings. The van der Waals surface area contributed by atoms with Crippen LogP contribution in [0.15, 0.2) is 35.3 Å². The van der Waals surface area contributed by atoms with Crippen molar-refractivity contribution in [1.29, 1.82) is 0 Å². The van der Waals surface area contributed by atoms with Crippen LogP contribution in [-0.4, -0.2) is 27.2 Å². The molecule has 0 unspecified atom stereocenters. The highest BCUT2D eigenvalue weighted by Crippen LogP contribution is 2.44. The number of alkyl halides is 2. The second-order valence-corrected chi connectivity index (χ2v) is 5.67. The number of carbonyl (C=O) groups is 1. The van der Waals surface area contributed by atoms with Gasteiger partial charge in [0.15, 0.2) is 17.1 Å². The summed E-state index contributed by atoms with van der Waals surface area (Å²) in [5.74, 6) is 0.710. The Balaban J connectivity index is 1.76. The SMILES string of the molecule is O=C(Cn1cncn1)c1ccc(OC(F)F)c2oc(C3CC3)cc12. The van der Waals surface area contributed by atoms with Gasteiger partial charge >= 0.3 is 6.61 Å². The van der Waals surface area contributed by atoms with Gasteiger partial charge in [0.25, 0.3) is 0 Å². The highest BCUT2D eigenvalue weighted by Gasteiger charge is 2.29. The maximum absolute atomic E-state index is 12.6. The van der Waals surface area contributed by atoms with Crippen LogP contribution in [0.5, 0.6) is 5.75 Å². The largest absolute Gasteiger partial charge is 0.457 e. The van der Waals surface area contributed by atoms with E-state index < -0.39 is 6.61 Å². The molecular weight excluding hydrogens is 320 g/mol. The summed E-state index contributed by atoms with van der Waals surface area (Å²) in [5.41, 5.74) is 0.569. The van der Waals surface area contributed by atoms with Crippen LogP contribution in [0.2, 0.25) is 0 Å². The number of halogens is 2. The molecule has 4 rings (SSSR count). The molecule has 0 N–H and O–H groups in total. The first-order valence-electron chi connectivity index (χ1n) is 7.48. The van der Waals surface area contributed by atoms with E-state index in [1.54, 1.807) is 6.07 Å². The van der Waals surface area contributed by atoms with Gasteiger partial charge in [0.2, 0.25) is 0 Å². The summed E-state index contributed by atoms with van der Waals surface area (Å²) >= 11 is 0. The summed E-state index contributed by atoms with van der Waals surface area (Å²) in [4.78, 5) is 16.3. The van der Waals surface area contributed by atoms with E-state index in [9.17, 15) is 13.6 Å². The standard InChI is InChI=1S/C16H13F2N3O3/c17-16(18)24-13-4-3-10(12(22)6-21-8-19-7-20-21)11-5-14(9-1-2-9)23-15(11)13/h3-5,7-9,16H,1-2,6H2. The van der Waals surface area contributed by atoms with Gasteiger partial charge in [-0.15, -0.1) is 0 Å². The van der Waals surface area contributed by atoms with Crippen LogP contribution in [0.4, 0.5) is 8.78 Å². The number of rotatable bonds is 6. The second-order valence-electron chi connectivity index (χ2n) is 5.67. The van der Waals surface area contributed by atoms with Crippen molar-refractivity contribution in [2.75, 3.05) is 0 Å². The molecule has 1 saturated carbocycles. The first-order valence-corrected chi connectivity index (χ1v) is 7.48. The molecule has 1 fully saturated rings. The van der Waals surface area contributed by atoms with Crippen LogP contribution < -0.4 is 4.74 Å². The Morgan fingerprint density at radius 3 is 2.92 bits per heavy atom. The predicted molar refractivity (Wildman–Crippen MR) is 79.2 cm³/mol. The van der Waals surface area contributed by atoms with Crippen molar-refractivity contribution < 1.29 is 22.7 Å². The second kappa shape index (κ2) is 5.70. The van der Waals surface area contributed by atoms with E-state index in [4.69, 9.17) is 4.42 Å². The highest BCUT2D eigenvalue weighted by molar-refractivity contribution is 6.08. The van der Waals surface area contributed by atoms with Crippen molar-refractivity contribution in [3.05, 3.63) is 42.2 Å². The molecule has 1 aliphatic carbocycles. The zero-order valence-electron chi connectivity index (χ0n) is 12.5. The predicted octanol–water partition coefficient (Wildman–Crippen LogP) is 3.39. The van der Waals surface area contributed by atoms with Crippen LogP contribution in [0, 0.1) is 0 Å². The van der Waals surface area contributed by atoms with E-state index in [1.165, 1.54) is 29.5 Å². The number of hydrogen-bond donors (Lipinski definition) is 0. The van der Waals surface area contributed by atoms with Gasteiger partial charge in [0.1, 0.15) is 25.0 Å². The smallest absolute Gasteiger partial charge is 0.387 e. The third-order valence-electron chi connectivity index (χ3n) is 3.93. The monoisotopic (exact) mass is 333 g/mol. The van der Waals surface area contributed by atoms with E-state index in [1.807, 2.05) is 0 Å². The van der Waals surface area contributed by atoms with E-state index >= 15 is 0 Å². The fraction of sp³-hybridized carbons (Fsp3) is 0.312. The molecule has 0 bridgehead atoms. The molecule has 8 heteroatoms. The Bertz CT molecular complexity index is 885. The maximum atomic E-state index is 12.6. The third-order valence-corrected chi connectivity index (χ3v) is 3.93. The summed E-state index contributed by atoms with van der Waals surface area (Å²) < 4.78 is 36.8. The Morgan fingerprint density at radius 2 is 2.25 bits per heavy atom. The van der Waals surface area contributed by atoms with Crippen molar-refractivity contribution in [2.45, 2.75) is 31.9 Å². The van der Waals surface area contributed by atoms with Crippen LogP contribution in [0.25, 0.3) is 11.0 Å². The van der Waals surface area contributed by atoms with Gasteiger partial charge in [-0.1, -0.05) is 0 Å². The number of Topliss-reactive ketones (excluding diaryl/α,β-unsaturated/α-hetero) is 1. The lowest BCUT2D eigenvalue weighted by Gasteiger charge is -2.07. The zero-order valence-corrected chi connectivity index (χ0v) is 12.5. The number of fused-ring (bicyclic) bond motifs is 1. The average Bonchev–Trinajstić information content (AvgIpc) is 3.08. The first-order chi connectivity index (χ1) is 11.6. The molecule has 124 valence electrons. The molecule has 0 atom stereocenters. The number of ketones is 1. The van der Waals surface area contributed by atoms with Crippen LogP contribution >= 0.6 is 0 Å². The number of benzene rings is 1. The molecule has 0 radical (unpaired) electrons. The number of carbonyl (C=O) groups excluding carboxylic acids is 1. The van der Waals surface area contributed by atoms with Gasteiger partial charge in [-0.25, -0.2) is 9.67 Å². The maximum Gasteiger partial charge on any atom is 0.387 e. The Labute approximate surface area is 135 Å². The van der Waals surface area contributed by atoms with Gasteiger partial charge in [0.05, 0.1) is 0 Å². The van der Waals surface area contributed by atoms with Crippen LogP contribution in [0.1, 0.15) is 34.9 Å². The molecular formula is C16H13F2N3O3. The van der Waals surface area contributed by atoms with Gasteiger partial charge in [-0.05, 0) is 31.0 Å².